The average molecular weight is 290 g/mol. The smallest absolute Gasteiger partial charge is 0.253 e. The number of rotatable bonds is 4. The normalized spacial score (nSPS) is 25.6. The molecule has 1 aromatic heterocycles. The van der Waals surface area contributed by atoms with E-state index < -0.39 is 0 Å². The SMILES string of the molecule is CCc1nnc(C)cc1C(=O)NC1(CN)CCCCC1C. The van der Waals surface area contributed by atoms with Crippen LogP contribution in [0.3, 0.4) is 0 Å². The molecule has 0 saturated heterocycles. The van der Waals surface area contributed by atoms with E-state index in [-0.39, 0.29) is 11.4 Å². The van der Waals surface area contributed by atoms with Crippen LogP contribution in [-0.2, 0) is 6.42 Å². The third kappa shape index (κ3) is 3.23. The van der Waals surface area contributed by atoms with Crippen LogP contribution in [0, 0.1) is 12.8 Å². The number of aromatic nitrogens is 2. The zero-order chi connectivity index (χ0) is 15.5. The van der Waals surface area contributed by atoms with Crippen LogP contribution >= 0.6 is 0 Å². The summed E-state index contributed by atoms with van der Waals surface area (Å²) in [7, 11) is 0. The van der Waals surface area contributed by atoms with Crippen molar-refractivity contribution < 1.29 is 4.79 Å². The Labute approximate surface area is 126 Å². The van der Waals surface area contributed by atoms with Crippen LogP contribution in [0.25, 0.3) is 0 Å². The van der Waals surface area contributed by atoms with Gasteiger partial charge in [-0.1, -0.05) is 26.7 Å². The second-order valence-electron chi connectivity index (χ2n) is 6.16. The van der Waals surface area contributed by atoms with Crippen LogP contribution in [0.1, 0.15) is 61.3 Å². The molecule has 0 spiro atoms. The number of nitrogens with zero attached hydrogens (tertiary/aromatic N) is 2. The lowest BCUT2D eigenvalue weighted by atomic mass is 9.73. The van der Waals surface area contributed by atoms with E-state index >= 15 is 0 Å². The average Bonchev–Trinajstić information content (AvgIpc) is 2.49. The molecule has 116 valence electrons. The number of carbonyl (C=O) groups excluding carboxylic acids is 1. The quantitative estimate of drug-likeness (QED) is 0.888. The molecule has 1 amide bonds. The Kier molecular flexibility index (Phi) is 4.93. The predicted octanol–water partition coefficient (Wildman–Crippen LogP) is 1.98. The van der Waals surface area contributed by atoms with Gasteiger partial charge < -0.3 is 11.1 Å². The number of amides is 1. The zero-order valence-corrected chi connectivity index (χ0v) is 13.3. The molecule has 0 bridgehead atoms. The van der Waals surface area contributed by atoms with Gasteiger partial charge in [-0.25, -0.2) is 0 Å². The maximum Gasteiger partial charge on any atom is 0.253 e. The van der Waals surface area contributed by atoms with Crippen LogP contribution in [0.4, 0.5) is 0 Å². The molecule has 5 heteroatoms. The van der Waals surface area contributed by atoms with E-state index in [2.05, 4.69) is 22.4 Å². The first-order chi connectivity index (χ1) is 10.0. The lowest BCUT2D eigenvalue weighted by molar-refractivity contribution is 0.0811. The molecule has 1 aliphatic rings. The molecule has 0 aliphatic heterocycles. The first-order valence-electron chi connectivity index (χ1n) is 7.88. The summed E-state index contributed by atoms with van der Waals surface area (Å²) in [6.45, 7) is 6.51. The van der Waals surface area contributed by atoms with Crippen LogP contribution in [0.2, 0.25) is 0 Å². The minimum atomic E-state index is -0.280. The number of aryl methyl sites for hydroxylation is 2. The molecule has 1 aliphatic carbocycles. The van der Waals surface area contributed by atoms with Crippen molar-refractivity contribution in [3.63, 3.8) is 0 Å². The van der Waals surface area contributed by atoms with Gasteiger partial charge in [-0.15, -0.1) is 0 Å². The Morgan fingerprint density at radius 1 is 1.48 bits per heavy atom. The van der Waals surface area contributed by atoms with Crippen molar-refractivity contribution in [1.29, 1.82) is 0 Å². The second-order valence-corrected chi connectivity index (χ2v) is 6.16. The summed E-state index contributed by atoms with van der Waals surface area (Å²) in [5.74, 6) is 0.338. The van der Waals surface area contributed by atoms with Crippen molar-refractivity contribution in [2.45, 2.75) is 58.4 Å². The Bertz CT molecular complexity index is 517. The lowest BCUT2D eigenvalue weighted by Crippen LogP contribution is -2.59. The van der Waals surface area contributed by atoms with Gasteiger partial charge in [0.05, 0.1) is 22.5 Å². The van der Waals surface area contributed by atoms with E-state index in [1.54, 1.807) is 0 Å². The molecule has 2 rings (SSSR count). The molecule has 21 heavy (non-hydrogen) atoms. The summed E-state index contributed by atoms with van der Waals surface area (Å²) in [5, 5.41) is 11.4. The van der Waals surface area contributed by atoms with E-state index in [0.29, 0.717) is 24.4 Å². The maximum absolute atomic E-state index is 12.7. The Balaban J connectivity index is 2.25. The number of nitrogens with two attached hydrogens (primary N) is 1. The maximum atomic E-state index is 12.7. The van der Waals surface area contributed by atoms with Crippen LogP contribution in [0.5, 0.6) is 0 Å². The highest BCUT2D eigenvalue weighted by atomic mass is 16.1. The van der Waals surface area contributed by atoms with Crippen molar-refractivity contribution in [1.82, 2.24) is 15.5 Å². The molecule has 1 saturated carbocycles. The molecule has 5 nitrogen and oxygen atoms in total. The van der Waals surface area contributed by atoms with E-state index in [9.17, 15) is 4.79 Å². The lowest BCUT2D eigenvalue weighted by Gasteiger charge is -2.42. The molecule has 0 aromatic carbocycles. The minimum Gasteiger partial charge on any atom is -0.345 e. The van der Waals surface area contributed by atoms with Crippen LogP contribution in [-0.4, -0.2) is 28.2 Å². The van der Waals surface area contributed by atoms with E-state index in [1.807, 2.05) is 19.9 Å². The largest absolute Gasteiger partial charge is 0.345 e. The fourth-order valence-corrected chi connectivity index (χ4v) is 3.22. The first-order valence-corrected chi connectivity index (χ1v) is 7.88. The summed E-state index contributed by atoms with van der Waals surface area (Å²) < 4.78 is 0. The van der Waals surface area contributed by atoms with Gasteiger partial charge in [0.15, 0.2) is 0 Å². The standard InChI is InChI=1S/C16H26N4O/c1-4-14-13(9-12(3)19-20-14)15(21)18-16(10-17)8-6-5-7-11(16)2/h9,11H,4-8,10,17H2,1-3H3,(H,18,21). The third-order valence-corrected chi connectivity index (χ3v) is 4.75. The zero-order valence-electron chi connectivity index (χ0n) is 13.3. The van der Waals surface area contributed by atoms with Crippen molar-refractivity contribution in [3.05, 3.63) is 23.0 Å². The second kappa shape index (κ2) is 6.52. The summed E-state index contributed by atoms with van der Waals surface area (Å²) in [4.78, 5) is 12.7. The van der Waals surface area contributed by atoms with Crippen molar-refractivity contribution in [3.8, 4) is 0 Å². The van der Waals surface area contributed by atoms with Gasteiger partial charge >= 0.3 is 0 Å². The van der Waals surface area contributed by atoms with Crippen molar-refractivity contribution >= 4 is 5.91 Å². The molecule has 2 unspecified atom stereocenters. The Morgan fingerprint density at radius 3 is 2.86 bits per heavy atom. The molecule has 3 N–H and O–H groups in total. The number of carbonyl (C=O) groups is 1. The molecule has 1 aromatic rings. The molecular weight excluding hydrogens is 264 g/mol. The van der Waals surface area contributed by atoms with Gasteiger partial charge in [-0.2, -0.15) is 10.2 Å². The molecule has 1 fully saturated rings. The van der Waals surface area contributed by atoms with Gasteiger partial charge in [0, 0.05) is 6.54 Å². The highest BCUT2D eigenvalue weighted by molar-refractivity contribution is 5.95. The van der Waals surface area contributed by atoms with Crippen molar-refractivity contribution in [2.24, 2.45) is 11.7 Å². The van der Waals surface area contributed by atoms with Crippen molar-refractivity contribution in [2.75, 3.05) is 6.54 Å². The predicted molar refractivity (Wildman–Crippen MR) is 83.0 cm³/mol. The van der Waals surface area contributed by atoms with E-state index in [0.717, 1.165) is 30.7 Å². The number of hydrogen-bond acceptors (Lipinski definition) is 4. The fraction of sp³-hybridized carbons (Fsp3) is 0.688. The first kappa shape index (κ1) is 15.9. The minimum absolute atomic E-state index is 0.0657. The van der Waals surface area contributed by atoms with Gasteiger partial charge in [0.1, 0.15) is 0 Å². The van der Waals surface area contributed by atoms with Gasteiger partial charge in [-0.05, 0) is 38.2 Å². The fourth-order valence-electron chi connectivity index (χ4n) is 3.22. The van der Waals surface area contributed by atoms with E-state index in [4.69, 9.17) is 5.73 Å². The number of hydrogen-bond donors (Lipinski definition) is 2. The van der Waals surface area contributed by atoms with E-state index in [1.165, 1.54) is 6.42 Å². The highest BCUT2D eigenvalue weighted by Gasteiger charge is 2.38. The monoisotopic (exact) mass is 290 g/mol. The third-order valence-electron chi connectivity index (χ3n) is 4.75. The summed E-state index contributed by atoms with van der Waals surface area (Å²) in [6, 6.07) is 1.82. The molecule has 2 atom stereocenters. The molecular formula is C16H26N4O. The number of nitrogens with one attached hydrogen (secondary N) is 1. The molecule has 1 heterocycles. The highest BCUT2D eigenvalue weighted by Crippen LogP contribution is 2.33. The topological polar surface area (TPSA) is 80.9 Å². The van der Waals surface area contributed by atoms with Gasteiger partial charge in [0.2, 0.25) is 0 Å². The van der Waals surface area contributed by atoms with Gasteiger partial charge in [-0.3, -0.25) is 4.79 Å². The molecule has 0 radical (unpaired) electrons. The Morgan fingerprint density at radius 2 is 2.24 bits per heavy atom. The summed E-state index contributed by atoms with van der Waals surface area (Å²) in [5.41, 5.74) is 7.87. The summed E-state index contributed by atoms with van der Waals surface area (Å²) >= 11 is 0. The summed E-state index contributed by atoms with van der Waals surface area (Å²) in [6.07, 6.45) is 5.10. The van der Waals surface area contributed by atoms with Crippen LogP contribution in [0.15, 0.2) is 6.07 Å². The van der Waals surface area contributed by atoms with Crippen LogP contribution < -0.4 is 11.1 Å². The van der Waals surface area contributed by atoms with Gasteiger partial charge in [0.25, 0.3) is 5.91 Å². The Hall–Kier alpha value is -1.49.